The van der Waals surface area contributed by atoms with Crippen molar-refractivity contribution in [1.82, 2.24) is 0 Å². The normalized spacial score (nSPS) is 38.5. The number of rotatable bonds is 1. The molecular formula is C14H18O. The highest BCUT2D eigenvalue weighted by Crippen LogP contribution is 2.56. The fourth-order valence-electron chi connectivity index (χ4n) is 3.82. The summed E-state index contributed by atoms with van der Waals surface area (Å²) in [6, 6.07) is 0. The van der Waals surface area contributed by atoms with Gasteiger partial charge in [-0.3, -0.25) is 4.79 Å². The summed E-state index contributed by atoms with van der Waals surface area (Å²) >= 11 is 0. The molecule has 0 aromatic heterocycles. The van der Waals surface area contributed by atoms with Crippen molar-refractivity contribution in [2.75, 3.05) is 0 Å². The summed E-state index contributed by atoms with van der Waals surface area (Å²) in [6.07, 6.45) is 5.88. The zero-order valence-corrected chi connectivity index (χ0v) is 9.38. The zero-order chi connectivity index (χ0) is 10.6. The van der Waals surface area contributed by atoms with Crippen LogP contribution in [0.15, 0.2) is 23.3 Å². The molecule has 0 aromatic carbocycles. The van der Waals surface area contributed by atoms with Crippen LogP contribution in [-0.4, -0.2) is 5.78 Å². The number of hydrogen-bond donors (Lipinski definition) is 0. The molecule has 15 heavy (non-hydrogen) atoms. The van der Waals surface area contributed by atoms with E-state index in [-0.39, 0.29) is 0 Å². The predicted molar refractivity (Wildman–Crippen MR) is 60.4 cm³/mol. The number of Topliss-reactive ketones (excluding diaryl/α,β-unsaturated/α-hetero) is 1. The molecule has 3 rings (SSSR count). The Kier molecular flexibility index (Phi) is 1.92. The summed E-state index contributed by atoms with van der Waals surface area (Å²) in [7, 11) is 0. The monoisotopic (exact) mass is 202 g/mol. The first-order valence-electron chi connectivity index (χ1n) is 6.06. The van der Waals surface area contributed by atoms with Crippen molar-refractivity contribution in [3.8, 4) is 0 Å². The molecule has 0 aliphatic heterocycles. The van der Waals surface area contributed by atoms with Crippen molar-refractivity contribution in [3.63, 3.8) is 0 Å². The van der Waals surface area contributed by atoms with Gasteiger partial charge < -0.3 is 0 Å². The Balaban J connectivity index is 1.90. The van der Waals surface area contributed by atoms with Crippen molar-refractivity contribution in [3.05, 3.63) is 23.3 Å². The molecule has 0 aromatic rings. The molecule has 0 saturated heterocycles. The van der Waals surface area contributed by atoms with Gasteiger partial charge in [-0.1, -0.05) is 23.3 Å². The molecule has 80 valence electrons. The van der Waals surface area contributed by atoms with Crippen molar-refractivity contribution in [2.45, 2.75) is 39.0 Å². The predicted octanol–water partition coefficient (Wildman–Crippen LogP) is 3.27. The van der Waals surface area contributed by atoms with Crippen molar-refractivity contribution in [2.24, 2.45) is 17.8 Å². The lowest BCUT2D eigenvalue weighted by Crippen LogP contribution is -2.20. The lowest BCUT2D eigenvalue weighted by atomic mass is 9.75. The molecule has 1 nitrogen and oxygen atoms in total. The summed E-state index contributed by atoms with van der Waals surface area (Å²) in [5.74, 6) is 2.17. The minimum Gasteiger partial charge on any atom is -0.300 e. The zero-order valence-electron chi connectivity index (χ0n) is 9.38. The first-order chi connectivity index (χ1) is 7.16. The van der Waals surface area contributed by atoms with Crippen molar-refractivity contribution in [1.29, 1.82) is 0 Å². The van der Waals surface area contributed by atoms with Crippen LogP contribution in [0.5, 0.6) is 0 Å². The third-order valence-electron chi connectivity index (χ3n) is 4.65. The number of carbonyl (C=O) groups is 1. The Bertz CT molecular complexity index is 375. The van der Waals surface area contributed by atoms with Gasteiger partial charge in [-0.15, -0.1) is 0 Å². The Hall–Kier alpha value is -0.850. The fraction of sp³-hybridized carbons (Fsp3) is 0.643. The maximum absolute atomic E-state index is 11.4. The van der Waals surface area contributed by atoms with E-state index in [1.807, 2.05) is 0 Å². The molecule has 3 atom stereocenters. The van der Waals surface area contributed by atoms with Crippen LogP contribution in [0.1, 0.15) is 39.0 Å². The molecule has 2 bridgehead atoms. The number of carbonyl (C=O) groups excluding carboxylic acids is 1. The van der Waals surface area contributed by atoms with E-state index in [4.69, 9.17) is 0 Å². The Morgan fingerprint density at radius 2 is 2.13 bits per heavy atom. The third-order valence-corrected chi connectivity index (χ3v) is 4.65. The van der Waals surface area contributed by atoms with Crippen molar-refractivity contribution < 1.29 is 4.79 Å². The van der Waals surface area contributed by atoms with Crippen molar-refractivity contribution >= 4 is 5.78 Å². The second kappa shape index (κ2) is 3.07. The number of allylic oxidation sites excluding steroid dienone is 3. The van der Waals surface area contributed by atoms with Crippen LogP contribution in [0.3, 0.4) is 0 Å². The summed E-state index contributed by atoms with van der Waals surface area (Å²) in [5, 5.41) is 0. The standard InChI is InChI=1S/C14H18O/c1-8-5-11-7-13(8)14-6-10(9(2)15)3-4-12(11)14/h10-11,13H,1,3-7H2,2H3. The second-order valence-electron chi connectivity index (χ2n) is 5.45. The minimum absolute atomic E-state index is 0.316. The van der Waals surface area contributed by atoms with E-state index in [2.05, 4.69) is 6.58 Å². The molecule has 0 radical (unpaired) electrons. The van der Waals surface area contributed by atoms with Gasteiger partial charge in [0.1, 0.15) is 5.78 Å². The first-order valence-corrected chi connectivity index (χ1v) is 6.06. The Morgan fingerprint density at radius 1 is 1.33 bits per heavy atom. The highest BCUT2D eigenvalue weighted by Gasteiger charge is 2.43. The highest BCUT2D eigenvalue weighted by molar-refractivity contribution is 5.79. The topological polar surface area (TPSA) is 17.1 Å². The summed E-state index contributed by atoms with van der Waals surface area (Å²) in [6.45, 7) is 5.93. The summed E-state index contributed by atoms with van der Waals surface area (Å²) < 4.78 is 0. The quantitative estimate of drug-likeness (QED) is 0.596. The minimum atomic E-state index is 0.316. The molecule has 3 aliphatic carbocycles. The Morgan fingerprint density at radius 3 is 2.87 bits per heavy atom. The fourth-order valence-corrected chi connectivity index (χ4v) is 3.82. The largest absolute Gasteiger partial charge is 0.300 e. The van der Waals surface area contributed by atoms with Crippen LogP contribution < -0.4 is 0 Å². The lowest BCUT2D eigenvalue weighted by molar-refractivity contribution is -0.121. The molecule has 0 spiro atoms. The maximum Gasteiger partial charge on any atom is 0.133 e. The van der Waals surface area contributed by atoms with E-state index in [1.54, 1.807) is 18.1 Å². The SMILES string of the molecule is C=C1CC2CC1C1=C2CCC(C(C)=O)C1. The first kappa shape index (κ1) is 9.38. The molecular weight excluding hydrogens is 184 g/mol. The van der Waals surface area contributed by atoms with E-state index in [9.17, 15) is 4.79 Å². The molecule has 1 heteroatoms. The van der Waals surface area contributed by atoms with Gasteiger partial charge in [0.15, 0.2) is 0 Å². The van der Waals surface area contributed by atoms with Crippen LogP contribution in [-0.2, 0) is 4.79 Å². The van der Waals surface area contributed by atoms with Gasteiger partial charge in [-0.05, 0) is 44.9 Å². The van der Waals surface area contributed by atoms with Crippen LogP contribution in [0.2, 0.25) is 0 Å². The van der Waals surface area contributed by atoms with Crippen LogP contribution in [0.25, 0.3) is 0 Å². The van der Waals surface area contributed by atoms with Gasteiger partial charge in [0.2, 0.25) is 0 Å². The van der Waals surface area contributed by atoms with E-state index in [0.29, 0.717) is 17.6 Å². The van der Waals surface area contributed by atoms with Crippen LogP contribution in [0, 0.1) is 17.8 Å². The second-order valence-corrected chi connectivity index (χ2v) is 5.45. The molecule has 3 unspecified atom stereocenters. The molecule has 1 fully saturated rings. The van der Waals surface area contributed by atoms with E-state index < -0.39 is 0 Å². The molecule has 0 heterocycles. The smallest absolute Gasteiger partial charge is 0.133 e. The molecule has 1 saturated carbocycles. The Labute approximate surface area is 91.2 Å². The third kappa shape index (κ3) is 1.25. The molecule has 0 amide bonds. The van der Waals surface area contributed by atoms with E-state index in [0.717, 1.165) is 18.8 Å². The van der Waals surface area contributed by atoms with E-state index in [1.165, 1.54) is 24.8 Å². The number of hydrogen-bond acceptors (Lipinski definition) is 1. The highest BCUT2D eigenvalue weighted by atomic mass is 16.1. The molecule has 0 N–H and O–H groups in total. The average molecular weight is 202 g/mol. The summed E-state index contributed by atoms with van der Waals surface area (Å²) in [4.78, 5) is 11.4. The van der Waals surface area contributed by atoms with E-state index >= 15 is 0 Å². The van der Waals surface area contributed by atoms with Gasteiger partial charge in [0.25, 0.3) is 0 Å². The van der Waals surface area contributed by atoms with Gasteiger partial charge >= 0.3 is 0 Å². The van der Waals surface area contributed by atoms with Gasteiger partial charge in [0.05, 0.1) is 0 Å². The van der Waals surface area contributed by atoms with Gasteiger partial charge in [-0.25, -0.2) is 0 Å². The van der Waals surface area contributed by atoms with Gasteiger partial charge in [-0.2, -0.15) is 0 Å². The maximum atomic E-state index is 11.4. The van der Waals surface area contributed by atoms with Gasteiger partial charge in [0, 0.05) is 11.8 Å². The lowest BCUT2D eigenvalue weighted by Gasteiger charge is -2.29. The average Bonchev–Trinajstić information content (AvgIpc) is 2.74. The number of ketones is 1. The van der Waals surface area contributed by atoms with Crippen LogP contribution in [0.4, 0.5) is 0 Å². The summed E-state index contributed by atoms with van der Waals surface area (Å²) in [5.41, 5.74) is 4.76. The number of fused-ring (bicyclic) bond motifs is 4. The van der Waals surface area contributed by atoms with Crippen LogP contribution >= 0.6 is 0 Å². The molecule has 3 aliphatic rings.